The molecule has 4 nitrogen and oxygen atoms in total. The van der Waals surface area contributed by atoms with E-state index in [0.717, 1.165) is 6.07 Å². The van der Waals surface area contributed by atoms with Gasteiger partial charge >= 0.3 is 0 Å². The van der Waals surface area contributed by atoms with Gasteiger partial charge in [0.25, 0.3) is 5.91 Å². The van der Waals surface area contributed by atoms with Crippen molar-refractivity contribution < 1.29 is 13.9 Å². The molecule has 1 aromatic rings. The fourth-order valence-electron chi connectivity index (χ4n) is 1.35. The van der Waals surface area contributed by atoms with E-state index in [1.54, 1.807) is 13.0 Å². The van der Waals surface area contributed by atoms with E-state index in [-0.39, 0.29) is 5.56 Å². The minimum Gasteiger partial charge on any atom is -0.329 e. The molecule has 0 aromatic heterocycles. The van der Waals surface area contributed by atoms with Crippen LogP contribution in [0.1, 0.15) is 23.7 Å². The fraction of sp³-hybridized carbons (Fsp3) is 0.286. The summed E-state index contributed by atoms with van der Waals surface area (Å²) in [6.45, 7) is 1.80. The summed E-state index contributed by atoms with van der Waals surface area (Å²) >= 11 is 0. The van der Waals surface area contributed by atoms with E-state index in [1.165, 1.54) is 18.2 Å². The lowest BCUT2D eigenvalue weighted by Gasteiger charge is -2.16. The van der Waals surface area contributed by atoms with Crippen LogP contribution in [-0.4, -0.2) is 18.2 Å². The molecular formula is C14H13FN2O2. The van der Waals surface area contributed by atoms with Gasteiger partial charge in [0.2, 0.25) is 6.23 Å². The van der Waals surface area contributed by atoms with Crippen molar-refractivity contribution in [2.45, 2.75) is 25.7 Å². The highest BCUT2D eigenvalue weighted by atomic mass is 19.1. The van der Waals surface area contributed by atoms with E-state index >= 15 is 0 Å². The molecule has 1 N–H and O–H groups in total. The van der Waals surface area contributed by atoms with E-state index in [2.05, 4.69) is 11.2 Å². The summed E-state index contributed by atoms with van der Waals surface area (Å²) in [5.41, 5.74) is 0.109. The van der Waals surface area contributed by atoms with Gasteiger partial charge in [-0.15, -0.1) is 6.42 Å². The largest absolute Gasteiger partial charge is 0.329 e. The lowest BCUT2D eigenvalue weighted by molar-refractivity contribution is 0.0284. The second-order valence-corrected chi connectivity index (χ2v) is 3.69. The van der Waals surface area contributed by atoms with Gasteiger partial charge < -0.3 is 10.1 Å². The Hall–Kier alpha value is -2.37. The van der Waals surface area contributed by atoms with Crippen molar-refractivity contribution in [3.63, 3.8) is 0 Å². The second-order valence-electron chi connectivity index (χ2n) is 3.69. The number of carbonyl (C=O) groups excluding carboxylic acids is 1. The van der Waals surface area contributed by atoms with Crippen molar-refractivity contribution in [2.75, 3.05) is 0 Å². The van der Waals surface area contributed by atoms with Crippen LogP contribution in [0.2, 0.25) is 0 Å². The Bertz CT molecular complexity index is 531. The number of nitrogens with one attached hydrogen (secondary N) is 1. The van der Waals surface area contributed by atoms with Gasteiger partial charge in [0, 0.05) is 5.56 Å². The lowest BCUT2D eigenvalue weighted by Crippen LogP contribution is -2.38. The van der Waals surface area contributed by atoms with Crippen LogP contribution in [0.15, 0.2) is 24.3 Å². The van der Waals surface area contributed by atoms with Crippen molar-refractivity contribution in [1.82, 2.24) is 5.32 Å². The van der Waals surface area contributed by atoms with E-state index in [0.29, 0.717) is 6.42 Å². The Morgan fingerprint density at radius 3 is 2.89 bits per heavy atom. The van der Waals surface area contributed by atoms with Crippen LogP contribution in [0.4, 0.5) is 4.39 Å². The summed E-state index contributed by atoms with van der Waals surface area (Å²) in [5, 5.41) is 11.2. The normalized spacial score (nSPS) is 12.8. The van der Waals surface area contributed by atoms with Gasteiger partial charge in [0.15, 0.2) is 0 Å². The Morgan fingerprint density at radius 1 is 1.63 bits per heavy atom. The molecule has 2 unspecified atom stereocenters. The van der Waals surface area contributed by atoms with Crippen LogP contribution in [0.25, 0.3) is 0 Å². The van der Waals surface area contributed by atoms with E-state index < -0.39 is 24.1 Å². The smallest absolute Gasteiger partial charge is 0.254 e. The number of benzene rings is 1. The number of halogens is 1. The predicted molar refractivity (Wildman–Crippen MR) is 67.3 cm³/mol. The van der Waals surface area contributed by atoms with Crippen molar-refractivity contribution in [1.29, 1.82) is 5.26 Å². The van der Waals surface area contributed by atoms with E-state index in [9.17, 15) is 9.18 Å². The van der Waals surface area contributed by atoms with Crippen LogP contribution in [0, 0.1) is 29.5 Å². The zero-order chi connectivity index (χ0) is 14.3. The number of hydrogen-bond acceptors (Lipinski definition) is 3. The fourth-order valence-corrected chi connectivity index (χ4v) is 1.35. The third-order valence-corrected chi connectivity index (χ3v) is 2.32. The molecule has 1 rings (SSSR count). The highest BCUT2D eigenvalue weighted by Crippen LogP contribution is 2.05. The molecule has 0 spiro atoms. The molecule has 0 aliphatic rings. The topological polar surface area (TPSA) is 62.1 Å². The standard InChI is InChI=1S/C14H13FN2O2/c1-3-12(4-2)19-13(9-16)17-14(18)10-6-5-7-11(15)8-10/h1,5-8,12-13H,4H2,2H3,(H,17,18). The third kappa shape index (κ3) is 4.42. The van der Waals surface area contributed by atoms with Gasteiger partial charge in [-0.05, 0) is 24.6 Å². The molecule has 1 amide bonds. The number of nitrogens with zero attached hydrogens (tertiary/aromatic N) is 1. The van der Waals surface area contributed by atoms with Crippen molar-refractivity contribution in [3.05, 3.63) is 35.6 Å². The lowest BCUT2D eigenvalue weighted by atomic mass is 10.2. The highest BCUT2D eigenvalue weighted by Gasteiger charge is 2.16. The van der Waals surface area contributed by atoms with Crippen LogP contribution in [-0.2, 0) is 4.74 Å². The van der Waals surface area contributed by atoms with Crippen molar-refractivity contribution >= 4 is 5.91 Å². The molecule has 19 heavy (non-hydrogen) atoms. The van der Waals surface area contributed by atoms with Gasteiger partial charge in [-0.3, -0.25) is 4.79 Å². The summed E-state index contributed by atoms with van der Waals surface area (Å²) < 4.78 is 18.2. The Balaban J connectivity index is 2.69. The number of ether oxygens (including phenoxy) is 1. The summed E-state index contributed by atoms with van der Waals surface area (Å²) in [7, 11) is 0. The van der Waals surface area contributed by atoms with Gasteiger partial charge in [0.1, 0.15) is 18.0 Å². The first-order valence-corrected chi connectivity index (χ1v) is 5.68. The average Bonchev–Trinajstić information content (AvgIpc) is 2.43. The maximum Gasteiger partial charge on any atom is 0.254 e. The van der Waals surface area contributed by atoms with Crippen molar-refractivity contribution in [3.8, 4) is 18.4 Å². The van der Waals surface area contributed by atoms with E-state index in [4.69, 9.17) is 16.4 Å². The monoisotopic (exact) mass is 260 g/mol. The molecule has 2 atom stereocenters. The molecule has 5 heteroatoms. The van der Waals surface area contributed by atoms with Crippen molar-refractivity contribution in [2.24, 2.45) is 0 Å². The summed E-state index contributed by atoms with van der Waals surface area (Å²) in [4.78, 5) is 11.8. The summed E-state index contributed by atoms with van der Waals surface area (Å²) in [6, 6.07) is 6.91. The van der Waals surface area contributed by atoms with Gasteiger partial charge in [-0.1, -0.05) is 18.9 Å². The van der Waals surface area contributed by atoms with Gasteiger partial charge in [-0.2, -0.15) is 5.26 Å². The number of amides is 1. The Kier molecular flexibility index (Phi) is 5.53. The SMILES string of the molecule is C#CC(CC)OC(C#N)NC(=O)c1cccc(F)c1. The zero-order valence-corrected chi connectivity index (χ0v) is 10.4. The molecule has 98 valence electrons. The minimum atomic E-state index is -1.17. The molecule has 0 bridgehead atoms. The Labute approximate surface area is 111 Å². The zero-order valence-electron chi connectivity index (χ0n) is 10.4. The molecule has 0 saturated heterocycles. The maximum absolute atomic E-state index is 13.0. The first-order valence-electron chi connectivity index (χ1n) is 5.68. The van der Waals surface area contributed by atoms with Gasteiger partial charge in [-0.25, -0.2) is 4.39 Å². The predicted octanol–water partition coefficient (Wildman–Crippen LogP) is 1.83. The van der Waals surface area contributed by atoms with Gasteiger partial charge in [0.05, 0.1) is 0 Å². The molecule has 0 fully saturated rings. The van der Waals surface area contributed by atoms with E-state index in [1.807, 2.05) is 0 Å². The molecule has 1 aromatic carbocycles. The maximum atomic E-state index is 13.0. The number of nitriles is 1. The summed E-state index contributed by atoms with van der Waals surface area (Å²) in [6.07, 6.45) is 3.99. The first-order chi connectivity index (χ1) is 9.10. The highest BCUT2D eigenvalue weighted by molar-refractivity contribution is 5.94. The number of hydrogen-bond donors (Lipinski definition) is 1. The quantitative estimate of drug-likeness (QED) is 0.649. The van der Waals surface area contributed by atoms with Crippen LogP contribution >= 0.6 is 0 Å². The minimum absolute atomic E-state index is 0.109. The molecule has 0 saturated carbocycles. The first kappa shape index (κ1) is 14.7. The Morgan fingerprint density at radius 2 is 2.37 bits per heavy atom. The van der Waals surface area contributed by atoms with Crippen LogP contribution < -0.4 is 5.32 Å². The summed E-state index contributed by atoms with van der Waals surface area (Å²) in [5.74, 6) is 1.22. The molecular weight excluding hydrogens is 247 g/mol. The van der Waals surface area contributed by atoms with Crippen LogP contribution in [0.5, 0.6) is 0 Å². The second kappa shape index (κ2) is 7.15. The molecule has 0 aliphatic heterocycles. The molecule has 0 aliphatic carbocycles. The van der Waals surface area contributed by atoms with Crippen LogP contribution in [0.3, 0.4) is 0 Å². The molecule has 0 radical (unpaired) electrons. The average molecular weight is 260 g/mol. The number of carbonyl (C=O) groups is 1. The number of rotatable bonds is 5. The third-order valence-electron chi connectivity index (χ3n) is 2.32. The molecule has 0 heterocycles. The number of terminal acetylenes is 1.